The van der Waals surface area contributed by atoms with Gasteiger partial charge in [-0.15, -0.1) is 11.6 Å². The molecular weight excluding hydrogens is 272 g/mol. The molecule has 0 saturated carbocycles. The standard InChI is InChI=1S/C15H23ClN4/c1-5-12(16)15-13(6-2)18-20(14(15)7-3)10-11-8-9-19(4)17-11/h8-9,12H,5-7,10H2,1-4H3. The number of hydrogen-bond acceptors (Lipinski definition) is 2. The number of aromatic nitrogens is 4. The van der Waals surface area contributed by atoms with Gasteiger partial charge in [0.2, 0.25) is 0 Å². The first-order valence-corrected chi connectivity index (χ1v) is 7.75. The van der Waals surface area contributed by atoms with E-state index in [0.29, 0.717) is 6.54 Å². The van der Waals surface area contributed by atoms with E-state index in [1.165, 1.54) is 11.3 Å². The maximum atomic E-state index is 6.51. The predicted molar refractivity (Wildman–Crippen MR) is 82.2 cm³/mol. The molecule has 0 bridgehead atoms. The molecule has 0 aliphatic heterocycles. The van der Waals surface area contributed by atoms with Crippen LogP contribution < -0.4 is 0 Å². The number of halogens is 1. The zero-order chi connectivity index (χ0) is 14.7. The Bertz CT molecular complexity index is 570. The van der Waals surface area contributed by atoms with Gasteiger partial charge in [0.25, 0.3) is 0 Å². The number of alkyl halides is 1. The Morgan fingerprint density at radius 2 is 1.95 bits per heavy atom. The maximum absolute atomic E-state index is 6.51. The average Bonchev–Trinajstić information content (AvgIpc) is 3.01. The third-order valence-electron chi connectivity index (χ3n) is 3.60. The van der Waals surface area contributed by atoms with E-state index >= 15 is 0 Å². The minimum Gasteiger partial charge on any atom is -0.275 e. The zero-order valence-corrected chi connectivity index (χ0v) is 13.5. The molecule has 20 heavy (non-hydrogen) atoms. The third-order valence-corrected chi connectivity index (χ3v) is 4.12. The molecule has 1 atom stereocenters. The van der Waals surface area contributed by atoms with Gasteiger partial charge in [0.1, 0.15) is 0 Å². The van der Waals surface area contributed by atoms with Gasteiger partial charge in [-0.1, -0.05) is 20.8 Å². The van der Waals surface area contributed by atoms with Crippen LogP contribution >= 0.6 is 11.6 Å². The molecule has 0 saturated heterocycles. The summed E-state index contributed by atoms with van der Waals surface area (Å²) >= 11 is 6.51. The highest BCUT2D eigenvalue weighted by Crippen LogP contribution is 2.31. The fourth-order valence-corrected chi connectivity index (χ4v) is 2.85. The van der Waals surface area contributed by atoms with E-state index in [2.05, 4.69) is 30.6 Å². The van der Waals surface area contributed by atoms with Gasteiger partial charge in [-0.2, -0.15) is 10.2 Å². The summed E-state index contributed by atoms with van der Waals surface area (Å²) < 4.78 is 3.89. The predicted octanol–water partition coefficient (Wildman–Crippen LogP) is 3.48. The lowest BCUT2D eigenvalue weighted by Gasteiger charge is -2.10. The van der Waals surface area contributed by atoms with E-state index in [4.69, 9.17) is 16.7 Å². The van der Waals surface area contributed by atoms with Crippen LogP contribution in [0.4, 0.5) is 0 Å². The average molecular weight is 295 g/mol. The highest BCUT2D eigenvalue weighted by atomic mass is 35.5. The van der Waals surface area contributed by atoms with E-state index in [1.807, 2.05) is 24.0 Å². The third kappa shape index (κ3) is 2.90. The topological polar surface area (TPSA) is 35.6 Å². The first-order valence-electron chi connectivity index (χ1n) is 7.31. The van der Waals surface area contributed by atoms with Crippen molar-refractivity contribution < 1.29 is 0 Å². The highest BCUT2D eigenvalue weighted by molar-refractivity contribution is 6.20. The van der Waals surface area contributed by atoms with Crippen molar-refractivity contribution >= 4 is 11.6 Å². The fraction of sp³-hybridized carbons (Fsp3) is 0.600. The molecule has 2 rings (SSSR count). The monoisotopic (exact) mass is 294 g/mol. The van der Waals surface area contributed by atoms with E-state index < -0.39 is 0 Å². The summed E-state index contributed by atoms with van der Waals surface area (Å²) in [6.45, 7) is 7.13. The first-order chi connectivity index (χ1) is 9.60. The van der Waals surface area contributed by atoms with Crippen molar-refractivity contribution in [2.24, 2.45) is 7.05 Å². The summed E-state index contributed by atoms with van der Waals surface area (Å²) in [5.41, 5.74) is 4.63. The summed E-state index contributed by atoms with van der Waals surface area (Å²) in [6, 6.07) is 2.03. The van der Waals surface area contributed by atoms with Gasteiger partial charge in [-0.25, -0.2) is 0 Å². The SMILES string of the molecule is CCc1nn(Cc2ccn(C)n2)c(CC)c1C(Cl)CC. The molecule has 4 nitrogen and oxygen atoms in total. The van der Waals surface area contributed by atoms with Crippen molar-refractivity contribution in [3.05, 3.63) is 34.9 Å². The Morgan fingerprint density at radius 3 is 2.45 bits per heavy atom. The molecular formula is C15H23ClN4. The normalized spacial score (nSPS) is 12.8. The minimum atomic E-state index is 0.0531. The summed E-state index contributed by atoms with van der Waals surface area (Å²) in [4.78, 5) is 0. The van der Waals surface area contributed by atoms with E-state index in [0.717, 1.165) is 30.7 Å². The largest absolute Gasteiger partial charge is 0.275 e. The van der Waals surface area contributed by atoms with Gasteiger partial charge in [0.15, 0.2) is 0 Å². The second-order valence-corrected chi connectivity index (χ2v) is 5.56. The van der Waals surface area contributed by atoms with E-state index in [1.54, 1.807) is 0 Å². The molecule has 0 aliphatic carbocycles. The van der Waals surface area contributed by atoms with Crippen LogP contribution in [0.25, 0.3) is 0 Å². The molecule has 2 heterocycles. The number of rotatable bonds is 6. The van der Waals surface area contributed by atoms with E-state index in [-0.39, 0.29) is 5.38 Å². The van der Waals surface area contributed by atoms with Crippen molar-refractivity contribution in [1.29, 1.82) is 0 Å². The van der Waals surface area contributed by atoms with Crippen LogP contribution in [-0.4, -0.2) is 19.6 Å². The maximum Gasteiger partial charge on any atom is 0.0853 e. The molecule has 0 spiro atoms. The molecule has 2 aromatic heterocycles. The molecule has 0 radical (unpaired) electrons. The lowest BCUT2D eigenvalue weighted by Crippen LogP contribution is -2.08. The molecule has 0 aromatic carbocycles. The Kier molecular flexibility index (Phi) is 4.86. The van der Waals surface area contributed by atoms with Crippen LogP contribution in [0.1, 0.15) is 55.2 Å². The van der Waals surface area contributed by atoms with Crippen molar-refractivity contribution in [1.82, 2.24) is 19.6 Å². The zero-order valence-electron chi connectivity index (χ0n) is 12.7. The molecule has 110 valence electrons. The van der Waals surface area contributed by atoms with Crippen molar-refractivity contribution in [2.45, 2.75) is 52.0 Å². The number of aryl methyl sites for hydroxylation is 2. The Morgan fingerprint density at radius 1 is 1.20 bits per heavy atom. The molecule has 5 heteroatoms. The second kappa shape index (κ2) is 6.44. The summed E-state index contributed by atoms with van der Waals surface area (Å²) in [6.07, 6.45) is 4.75. The molecule has 0 fully saturated rings. The quantitative estimate of drug-likeness (QED) is 0.765. The second-order valence-electron chi connectivity index (χ2n) is 5.03. The van der Waals surface area contributed by atoms with Crippen molar-refractivity contribution in [3.8, 4) is 0 Å². The van der Waals surface area contributed by atoms with Crippen LogP contribution in [0.5, 0.6) is 0 Å². The lowest BCUT2D eigenvalue weighted by molar-refractivity contribution is 0.615. The lowest BCUT2D eigenvalue weighted by atomic mass is 10.0. The molecule has 0 aliphatic rings. The first kappa shape index (κ1) is 15.1. The van der Waals surface area contributed by atoms with Crippen LogP contribution in [-0.2, 0) is 26.4 Å². The Balaban J connectivity index is 2.40. The highest BCUT2D eigenvalue weighted by Gasteiger charge is 2.21. The van der Waals surface area contributed by atoms with Gasteiger partial charge in [0, 0.05) is 24.5 Å². The number of hydrogen-bond donors (Lipinski definition) is 0. The smallest absolute Gasteiger partial charge is 0.0853 e. The van der Waals surface area contributed by atoms with Crippen molar-refractivity contribution in [2.75, 3.05) is 0 Å². The summed E-state index contributed by atoms with van der Waals surface area (Å²) in [5.74, 6) is 0. The van der Waals surface area contributed by atoms with Crippen molar-refractivity contribution in [3.63, 3.8) is 0 Å². The van der Waals surface area contributed by atoms with Crippen LogP contribution in [0.15, 0.2) is 12.3 Å². The van der Waals surface area contributed by atoms with Gasteiger partial charge in [-0.05, 0) is 25.3 Å². The van der Waals surface area contributed by atoms with Gasteiger partial charge < -0.3 is 0 Å². The number of nitrogens with zero attached hydrogens (tertiary/aromatic N) is 4. The Labute approximate surface area is 125 Å². The summed E-state index contributed by atoms with van der Waals surface area (Å²) in [7, 11) is 1.93. The molecule has 1 unspecified atom stereocenters. The molecule has 0 N–H and O–H groups in total. The van der Waals surface area contributed by atoms with Crippen LogP contribution in [0, 0.1) is 0 Å². The van der Waals surface area contributed by atoms with Crippen LogP contribution in [0.3, 0.4) is 0 Å². The van der Waals surface area contributed by atoms with Crippen LogP contribution in [0.2, 0.25) is 0 Å². The van der Waals surface area contributed by atoms with Gasteiger partial charge >= 0.3 is 0 Å². The van der Waals surface area contributed by atoms with E-state index in [9.17, 15) is 0 Å². The molecule has 0 amide bonds. The summed E-state index contributed by atoms with van der Waals surface area (Å²) in [5, 5.41) is 9.24. The fourth-order valence-electron chi connectivity index (χ4n) is 2.60. The molecule has 2 aromatic rings. The van der Waals surface area contributed by atoms with Gasteiger partial charge in [-0.3, -0.25) is 9.36 Å². The van der Waals surface area contributed by atoms with Gasteiger partial charge in [0.05, 0.1) is 23.3 Å². The minimum absolute atomic E-state index is 0.0531. The Hall–Kier alpha value is -1.29.